The van der Waals surface area contributed by atoms with E-state index >= 15 is 0 Å². The second-order valence-electron chi connectivity index (χ2n) is 10.2. The molecule has 2 aromatic carbocycles. The van der Waals surface area contributed by atoms with Crippen LogP contribution in [0.2, 0.25) is 0 Å². The zero-order chi connectivity index (χ0) is 24.0. The van der Waals surface area contributed by atoms with Gasteiger partial charge in [0.2, 0.25) is 0 Å². The van der Waals surface area contributed by atoms with Crippen LogP contribution in [0.3, 0.4) is 0 Å². The molecule has 7 nitrogen and oxygen atoms in total. The van der Waals surface area contributed by atoms with Crippen molar-refractivity contribution in [1.82, 2.24) is 35.4 Å². The summed E-state index contributed by atoms with van der Waals surface area (Å²) < 4.78 is 2.12. The minimum atomic E-state index is 0.550. The van der Waals surface area contributed by atoms with E-state index in [0.29, 0.717) is 11.7 Å². The van der Waals surface area contributed by atoms with Crippen LogP contribution in [0.15, 0.2) is 48.5 Å². The summed E-state index contributed by atoms with van der Waals surface area (Å²) in [5.74, 6) is 4.19. The predicted molar refractivity (Wildman–Crippen MR) is 138 cm³/mol. The lowest BCUT2D eigenvalue weighted by molar-refractivity contribution is 0.337. The van der Waals surface area contributed by atoms with Gasteiger partial charge >= 0.3 is 0 Å². The number of hydrogen-bond donors (Lipinski definition) is 1. The molecule has 0 unspecified atom stereocenters. The second-order valence-corrected chi connectivity index (χ2v) is 10.2. The minimum absolute atomic E-state index is 0.550. The molecular formula is C28H35N7. The van der Waals surface area contributed by atoms with Gasteiger partial charge in [0.1, 0.15) is 5.82 Å². The molecule has 1 saturated carbocycles. The van der Waals surface area contributed by atoms with Gasteiger partial charge in [0.15, 0.2) is 11.6 Å². The van der Waals surface area contributed by atoms with Crippen LogP contribution < -0.4 is 0 Å². The number of H-pyrrole nitrogens is 1. The number of nitrogens with zero attached hydrogens (tertiary/aromatic N) is 6. The summed E-state index contributed by atoms with van der Waals surface area (Å²) in [6.45, 7) is 5.24. The van der Waals surface area contributed by atoms with Crippen LogP contribution in [-0.2, 0) is 19.4 Å². The lowest BCUT2D eigenvalue weighted by Gasteiger charge is -2.20. The number of nitrogens with one attached hydrogen (secondary N) is 1. The Morgan fingerprint density at radius 2 is 1.74 bits per heavy atom. The van der Waals surface area contributed by atoms with E-state index in [2.05, 4.69) is 69.5 Å². The molecular weight excluding hydrogens is 434 g/mol. The van der Waals surface area contributed by atoms with E-state index in [-0.39, 0.29) is 0 Å². The maximum absolute atomic E-state index is 4.97. The summed E-state index contributed by atoms with van der Waals surface area (Å²) in [7, 11) is 0. The molecule has 1 aliphatic carbocycles. The molecule has 5 rings (SSSR count). The third kappa shape index (κ3) is 5.84. The minimum Gasteiger partial charge on any atom is -0.245 e. The Labute approximate surface area is 207 Å². The highest BCUT2D eigenvalue weighted by molar-refractivity contribution is 5.80. The average Bonchev–Trinajstić information content (AvgIpc) is 3.54. The van der Waals surface area contributed by atoms with E-state index < -0.39 is 0 Å². The maximum Gasteiger partial charge on any atom is 0.180 e. The topological polar surface area (TPSA) is 85.2 Å². The fourth-order valence-corrected chi connectivity index (χ4v) is 5.16. The molecule has 4 aromatic rings. The van der Waals surface area contributed by atoms with Gasteiger partial charge in [0.25, 0.3) is 0 Å². The molecule has 0 bridgehead atoms. The maximum atomic E-state index is 4.97. The lowest BCUT2D eigenvalue weighted by Crippen LogP contribution is -2.09. The first-order valence-electron chi connectivity index (χ1n) is 13.0. The number of benzene rings is 2. The first-order chi connectivity index (χ1) is 17.2. The highest BCUT2D eigenvalue weighted by Crippen LogP contribution is 2.30. The number of tetrazole rings is 1. The van der Waals surface area contributed by atoms with Gasteiger partial charge in [-0.25, -0.2) is 14.8 Å². The van der Waals surface area contributed by atoms with Crippen LogP contribution in [0.25, 0.3) is 22.5 Å². The van der Waals surface area contributed by atoms with E-state index in [1.807, 2.05) is 18.2 Å². The number of aryl methyl sites for hydroxylation is 1. The van der Waals surface area contributed by atoms with Crippen LogP contribution in [-0.4, -0.2) is 35.4 Å². The zero-order valence-electron chi connectivity index (χ0n) is 20.8. The fraction of sp³-hybridized carbons (Fsp3) is 0.464. The molecule has 2 aromatic heterocycles. The Morgan fingerprint density at radius 3 is 2.46 bits per heavy atom. The number of rotatable bonds is 9. The van der Waals surface area contributed by atoms with Crippen molar-refractivity contribution in [2.75, 3.05) is 0 Å². The zero-order valence-corrected chi connectivity index (χ0v) is 20.8. The van der Waals surface area contributed by atoms with Crippen LogP contribution in [0.1, 0.15) is 69.6 Å². The SMILES string of the molecule is CC(C)Cc1nc(CCC2CCCCC2)nn1Cc1ccc(-c2ccccc2-c2nnn[nH]2)cc1. The van der Waals surface area contributed by atoms with Gasteiger partial charge in [-0.2, -0.15) is 5.10 Å². The molecule has 1 fully saturated rings. The molecule has 0 spiro atoms. The van der Waals surface area contributed by atoms with E-state index in [0.717, 1.165) is 53.6 Å². The first-order valence-corrected chi connectivity index (χ1v) is 13.0. The van der Waals surface area contributed by atoms with Crippen LogP contribution in [0, 0.1) is 11.8 Å². The number of aromatic nitrogens is 7. The normalized spacial score (nSPS) is 14.6. The van der Waals surface area contributed by atoms with Crippen molar-refractivity contribution < 1.29 is 0 Å². The summed E-state index contributed by atoms with van der Waals surface area (Å²) in [4.78, 5) is 4.97. The Hall–Kier alpha value is -3.35. The van der Waals surface area contributed by atoms with Crippen molar-refractivity contribution in [3.63, 3.8) is 0 Å². The van der Waals surface area contributed by atoms with Crippen molar-refractivity contribution in [2.24, 2.45) is 11.8 Å². The molecule has 0 atom stereocenters. The average molecular weight is 470 g/mol. The molecule has 0 aliphatic heterocycles. The van der Waals surface area contributed by atoms with E-state index in [1.165, 1.54) is 44.1 Å². The second kappa shape index (κ2) is 10.9. The van der Waals surface area contributed by atoms with E-state index in [4.69, 9.17) is 10.1 Å². The molecule has 182 valence electrons. The molecule has 1 aliphatic rings. The Bertz CT molecular complexity index is 1200. The van der Waals surface area contributed by atoms with Crippen molar-refractivity contribution in [3.05, 3.63) is 65.7 Å². The highest BCUT2D eigenvalue weighted by Gasteiger charge is 2.17. The number of aromatic amines is 1. The molecule has 2 heterocycles. The van der Waals surface area contributed by atoms with Crippen LogP contribution in [0.5, 0.6) is 0 Å². The van der Waals surface area contributed by atoms with Gasteiger partial charge < -0.3 is 0 Å². The lowest BCUT2D eigenvalue weighted by atomic mass is 9.86. The standard InChI is InChI=1S/C28H35N7/c1-20(2)18-27-29-26(17-14-21-8-4-3-5-9-21)32-35(27)19-22-12-15-23(16-13-22)24-10-6-7-11-25(24)28-30-33-34-31-28/h6-7,10-13,15-16,20-21H,3-5,8-9,14,17-19H2,1-2H3,(H,30,31,33,34). The highest BCUT2D eigenvalue weighted by atomic mass is 15.5. The van der Waals surface area contributed by atoms with Crippen LogP contribution in [0.4, 0.5) is 0 Å². The third-order valence-corrected chi connectivity index (χ3v) is 7.01. The first kappa shape index (κ1) is 23.4. The Kier molecular flexibility index (Phi) is 7.31. The molecule has 1 N–H and O–H groups in total. The quantitative estimate of drug-likeness (QED) is 0.331. The predicted octanol–water partition coefficient (Wildman–Crippen LogP) is 5.88. The smallest absolute Gasteiger partial charge is 0.180 e. The summed E-state index contributed by atoms with van der Waals surface area (Å²) in [5, 5.41) is 19.4. The van der Waals surface area contributed by atoms with Gasteiger partial charge in [-0.05, 0) is 45.4 Å². The van der Waals surface area contributed by atoms with Gasteiger partial charge in [0.05, 0.1) is 6.54 Å². The summed E-state index contributed by atoms with van der Waals surface area (Å²) in [6.07, 6.45) is 10.1. The van der Waals surface area contributed by atoms with Gasteiger partial charge in [0, 0.05) is 18.4 Å². The molecule has 35 heavy (non-hydrogen) atoms. The third-order valence-electron chi connectivity index (χ3n) is 7.01. The molecule has 7 heteroatoms. The van der Waals surface area contributed by atoms with E-state index in [1.54, 1.807) is 0 Å². The van der Waals surface area contributed by atoms with Crippen molar-refractivity contribution >= 4 is 0 Å². The van der Waals surface area contributed by atoms with Crippen LogP contribution >= 0.6 is 0 Å². The monoisotopic (exact) mass is 469 g/mol. The van der Waals surface area contributed by atoms with Gasteiger partial charge in [-0.15, -0.1) is 5.10 Å². The Morgan fingerprint density at radius 1 is 0.971 bits per heavy atom. The summed E-state index contributed by atoms with van der Waals surface area (Å²) in [5.41, 5.74) is 4.45. The molecule has 0 saturated heterocycles. The largest absolute Gasteiger partial charge is 0.245 e. The van der Waals surface area contributed by atoms with Crippen molar-refractivity contribution in [1.29, 1.82) is 0 Å². The Balaban J connectivity index is 1.32. The number of hydrogen-bond acceptors (Lipinski definition) is 5. The van der Waals surface area contributed by atoms with E-state index in [9.17, 15) is 0 Å². The molecule has 0 radical (unpaired) electrons. The van der Waals surface area contributed by atoms with Crippen molar-refractivity contribution in [3.8, 4) is 22.5 Å². The summed E-state index contributed by atoms with van der Waals surface area (Å²) >= 11 is 0. The molecule has 0 amide bonds. The fourth-order valence-electron chi connectivity index (χ4n) is 5.16. The van der Waals surface area contributed by atoms with Crippen molar-refractivity contribution in [2.45, 2.75) is 71.8 Å². The summed E-state index contributed by atoms with van der Waals surface area (Å²) in [6, 6.07) is 16.9. The van der Waals surface area contributed by atoms with Gasteiger partial charge in [-0.3, -0.25) is 0 Å². The van der Waals surface area contributed by atoms with Gasteiger partial charge in [-0.1, -0.05) is 94.5 Å².